The average molecular weight is 313 g/mol. The van der Waals surface area contributed by atoms with Crippen molar-refractivity contribution in [3.63, 3.8) is 0 Å². The maximum absolute atomic E-state index is 3.65. The van der Waals surface area contributed by atoms with Crippen LogP contribution in [-0.2, 0) is 6.54 Å². The van der Waals surface area contributed by atoms with Crippen LogP contribution in [0.2, 0.25) is 0 Å². The van der Waals surface area contributed by atoms with E-state index in [-0.39, 0.29) is 0 Å². The first-order valence-corrected chi connectivity index (χ1v) is 7.91. The van der Waals surface area contributed by atoms with Crippen molar-refractivity contribution in [1.82, 2.24) is 0 Å². The molecule has 2 rings (SSSR count). The van der Waals surface area contributed by atoms with Crippen LogP contribution in [0.25, 0.3) is 0 Å². The zero-order valence-electron chi connectivity index (χ0n) is 11.5. The maximum atomic E-state index is 3.65. The fourth-order valence-corrected chi connectivity index (χ4v) is 3.22. The molecule has 0 spiro atoms. The number of hydrogen-bond donors (Lipinski definition) is 2. The summed E-state index contributed by atoms with van der Waals surface area (Å²) in [6, 6.07) is 9.45. The highest BCUT2D eigenvalue weighted by Gasteiger charge is 2.26. The van der Waals surface area contributed by atoms with E-state index in [2.05, 4.69) is 54.0 Å². The van der Waals surface area contributed by atoms with Gasteiger partial charge in [-0.1, -0.05) is 41.1 Å². The van der Waals surface area contributed by atoms with Gasteiger partial charge in [0.1, 0.15) is 32.7 Å². The molecule has 0 amide bonds. The van der Waals surface area contributed by atoms with E-state index in [0.717, 1.165) is 12.6 Å². The van der Waals surface area contributed by atoms with Crippen LogP contribution in [0.4, 0.5) is 0 Å². The third-order valence-electron chi connectivity index (χ3n) is 4.31. The highest BCUT2D eigenvalue weighted by atomic mass is 79.9. The third-order valence-corrected chi connectivity index (χ3v) is 5.08. The van der Waals surface area contributed by atoms with Gasteiger partial charge in [-0.15, -0.1) is 0 Å². The second kappa shape index (κ2) is 6.69. The van der Waals surface area contributed by atoms with E-state index in [1.165, 1.54) is 42.6 Å². The lowest BCUT2D eigenvalue weighted by atomic mass is 10.1. The Morgan fingerprint density at radius 3 is 2.44 bits per heavy atom. The summed E-state index contributed by atoms with van der Waals surface area (Å²) in [5.41, 5.74) is 1.44. The molecule has 0 radical (unpaired) electrons. The topological polar surface area (TPSA) is 8.88 Å². The van der Waals surface area contributed by atoms with Crippen molar-refractivity contribution in [2.24, 2.45) is 0 Å². The fourth-order valence-electron chi connectivity index (χ4n) is 2.79. The van der Waals surface area contributed by atoms with E-state index in [9.17, 15) is 0 Å². The molecule has 1 atom stereocenters. The van der Waals surface area contributed by atoms with Crippen LogP contribution in [-0.4, -0.2) is 32.2 Å². The molecule has 1 aromatic carbocycles. The molecule has 1 unspecified atom stereocenters. The average Bonchev–Trinajstić information content (AvgIpc) is 2.41. The van der Waals surface area contributed by atoms with Crippen molar-refractivity contribution in [2.45, 2.75) is 32.9 Å². The summed E-state index contributed by atoms with van der Waals surface area (Å²) in [5, 5.41) is 0. The van der Waals surface area contributed by atoms with Crippen molar-refractivity contribution >= 4 is 15.9 Å². The van der Waals surface area contributed by atoms with Crippen LogP contribution in [0, 0.1) is 0 Å². The highest BCUT2D eigenvalue weighted by Crippen LogP contribution is 2.14. The molecule has 1 aliphatic heterocycles. The Morgan fingerprint density at radius 2 is 1.83 bits per heavy atom. The van der Waals surface area contributed by atoms with Crippen molar-refractivity contribution in [2.75, 3.05) is 26.2 Å². The quantitative estimate of drug-likeness (QED) is 0.802. The molecule has 2 N–H and O–H groups in total. The molecular formula is C15H25BrN2+2. The van der Waals surface area contributed by atoms with Crippen molar-refractivity contribution < 1.29 is 9.80 Å². The largest absolute Gasteiger partial charge is 0.323 e. The molecular weight excluding hydrogens is 288 g/mol. The van der Waals surface area contributed by atoms with Gasteiger partial charge in [0.25, 0.3) is 0 Å². The molecule has 3 heteroatoms. The fraction of sp³-hybridized carbons (Fsp3) is 0.600. The molecule has 0 saturated carbocycles. The van der Waals surface area contributed by atoms with Gasteiger partial charge in [0.15, 0.2) is 0 Å². The summed E-state index contributed by atoms with van der Waals surface area (Å²) in [7, 11) is 0. The number of hydrogen-bond acceptors (Lipinski definition) is 0. The first kappa shape index (κ1) is 14.0. The van der Waals surface area contributed by atoms with E-state index >= 15 is 0 Å². The molecule has 1 saturated heterocycles. The van der Waals surface area contributed by atoms with Crippen molar-refractivity contribution in [1.29, 1.82) is 0 Å². The van der Waals surface area contributed by atoms with Crippen LogP contribution >= 0.6 is 15.9 Å². The van der Waals surface area contributed by atoms with Gasteiger partial charge in [0, 0.05) is 10.0 Å². The Hall–Kier alpha value is -0.380. The van der Waals surface area contributed by atoms with Crippen molar-refractivity contribution in [3.05, 3.63) is 34.3 Å². The molecule has 100 valence electrons. The predicted molar refractivity (Wildman–Crippen MR) is 79.0 cm³/mol. The zero-order valence-corrected chi connectivity index (χ0v) is 13.1. The van der Waals surface area contributed by atoms with Crippen LogP contribution in [0.15, 0.2) is 28.7 Å². The highest BCUT2D eigenvalue weighted by molar-refractivity contribution is 9.10. The lowest BCUT2D eigenvalue weighted by Gasteiger charge is -2.33. The lowest BCUT2D eigenvalue weighted by molar-refractivity contribution is -1.03. The lowest BCUT2D eigenvalue weighted by Crippen LogP contribution is -3.29. The van der Waals surface area contributed by atoms with Gasteiger partial charge in [0.2, 0.25) is 0 Å². The maximum Gasteiger partial charge on any atom is 0.127 e. The van der Waals surface area contributed by atoms with Gasteiger partial charge in [-0.25, -0.2) is 0 Å². The minimum Gasteiger partial charge on any atom is -0.323 e. The van der Waals surface area contributed by atoms with Crippen molar-refractivity contribution in [3.8, 4) is 0 Å². The summed E-state index contributed by atoms with van der Waals surface area (Å²) in [4.78, 5) is 3.53. The summed E-state index contributed by atoms with van der Waals surface area (Å²) in [6.07, 6.45) is 1.30. The number of nitrogens with one attached hydrogen (secondary N) is 2. The molecule has 2 nitrogen and oxygen atoms in total. The number of quaternary nitrogens is 2. The SMILES string of the molecule is CCC(C)[NH+]1CC[NH+](Cc2ccccc2Br)CC1. The molecule has 1 aliphatic rings. The van der Waals surface area contributed by atoms with Crippen LogP contribution in [0.3, 0.4) is 0 Å². The van der Waals surface area contributed by atoms with E-state index < -0.39 is 0 Å². The van der Waals surface area contributed by atoms with Gasteiger partial charge in [0.05, 0.1) is 6.04 Å². The molecule has 1 heterocycles. The second-order valence-corrected chi connectivity index (χ2v) is 6.34. The summed E-state index contributed by atoms with van der Waals surface area (Å²) >= 11 is 3.65. The van der Waals surface area contributed by atoms with Gasteiger partial charge in [-0.2, -0.15) is 0 Å². The summed E-state index contributed by atoms with van der Waals surface area (Å²) in [6.45, 7) is 11.1. The van der Waals surface area contributed by atoms with Gasteiger partial charge < -0.3 is 9.80 Å². The number of benzene rings is 1. The standard InChI is InChI=1S/C15H23BrN2/c1-3-13(2)18-10-8-17(9-11-18)12-14-6-4-5-7-15(14)16/h4-7,13H,3,8-12H2,1-2H3/p+2. The van der Waals surface area contributed by atoms with E-state index in [4.69, 9.17) is 0 Å². The first-order chi connectivity index (χ1) is 8.70. The normalized spacial score (nSPS) is 25.9. The molecule has 0 aromatic heterocycles. The second-order valence-electron chi connectivity index (χ2n) is 5.49. The molecule has 18 heavy (non-hydrogen) atoms. The zero-order chi connectivity index (χ0) is 13.0. The summed E-state index contributed by atoms with van der Waals surface area (Å²) < 4.78 is 1.26. The molecule has 1 aromatic rings. The number of piperazine rings is 1. The Kier molecular flexibility index (Phi) is 5.22. The van der Waals surface area contributed by atoms with Gasteiger partial charge in [-0.05, 0) is 19.4 Å². The van der Waals surface area contributed by atoms with Crippen LogP contribution in [0.1, 0.15) is 25.8 Å². The number of halogens is 1. The minimum atomic E-state index is 0.829. The van der Waals surface area contributed by atoms with Crippen LogP contribution < -0.4 is 9.80 Å². The predicted octanol–water partition coefficient (Wildman–Crippen LogP) is 0.531. The first-order valence-electron chi connectivity index (χ1n) is 7.12. The molecule has 1 fully saturated rings. The molecule has 0 aliphatic carbocycles. The van der Waals surface area contributed by atoms with E-state index in [0.29, 0.717) is 0 Å². The molecule has 0 bridgehead atoms. The van der Waals surface area contributed by atoms with Gasteiger partial charge in [-0.3, -0.25) is 0 Å². The van der Waals surface area contributed by atoms with E-state index in [1.807, 2.05) is 0 Å². The van der Waals surface area contributed by atoms with Crippen LogP contribution in [0.5, 0.6) is 0 Å². The van der Waals surface area contributed by atoms with E-state index in [1.54, 1.807) is 9.80 Å². The smallest absolute Gasteiger partial charge is 0.127 e. The summed E-state index contributed by atoms with van der Waals surface area (Å²) in [5.74, 6) is 0. The Balaban J connectivity index is 1.86. The Bertz CT molecular complexity index is 373. The Labute approximate surface area is 119 Å². The Morgan fingerprint density at radius 1 is 1.17 bits per heavy atom. The third kappa shape index (κ3) is 3.56. The monoisotopic (exact) mass is 312 g/mol. The van der Waals surface area contributed by atoms with Gasteiger partial charge >= 0.3 is 0 Å². The minimum absolute atomic E-state index is 0.829. The number of rotatable bonds is 4.